The van der Waals surface area contributed by atoms with Gasteiger partial charge in [-0.05, 0) is 36.8 Å². The fraction of sp³-hybridized carbons (Fsp3) is 0.435. The van der Waals surface area contributed by atoms with Gasteiger partial charge < -0.3 is 24.3 Å². The van der Waals surface area contributed by atoms with Crippen LogP contribution in [-0.2, 0) is 6.54 Å². The Kier molecular flexibility index (Phi) is 9.15. The van der Waals surface area contributed by atoms with Crippen molar-refractivity contribution in [2.75, 3.05) is 27.9 Å². The van der Waals surface area contributed by atoms with Crippen LogP contribution in [0, 0.1) is 0 Å². The molecule has 0 aromatic heterocycles. The van der Waals surface area contributed by atoms with Gasteiger partial charge in [0, 0.05) is 23.7 Å². The van der Waals surface area contributed by atoms with Crippen molar-refractivity contribution < 1.29 is 23.7 Å². The normalized spacial score (nSPS) is 10.3. The summed E-state index contributed by atoms with van der Waals surface area (Å²) in [6.07, 6.45) is 4.66. The molecule has 2 rings (SSSR count). The highest BCUT2D eigenvalue weighted by atomic mass is 16.5. The molecule has 29 heavy (non-hydrogen) atoms. The van der Waals surface area contributed by atoms with Crippen LogP contribution in [0.1, 0.15) is 48.5 Å². The summed E-state index contributed by atoms with van der Waals surface area (Å²) in [6.45, 7) is 3.19. The number of methoxy groups -OCH3 is 3. The number of amides is 1. The number of ether oxygens (including phenoxy) is 4. The zero-order valence-electron chi connectivity index (χ0n) is 17.7. The Hall–Kier alpha value is -2.89. The number of rotatable bonds is 12. The molecule has 0 aliphatic heterocycles. The van der Waals surface area contributed by atoms with E-state index in [9.17, 15) is 4.79 Å². The molecule has 1 amide bonds. The molecule has 6 heteroatoms. The van der Waals surface area contributed by atoms with E-state index >= 15 is 0 Å². The first-order chi connectivity index (χ1) is 14.1. The number of hydrogen-bond donors (Lipinski definition) is 1. The lowest BCUT2D eigenvalue weighted by molar-refractivity contribution is 0.0950. The minimum atomic E-state index is -0.170. The zero-order chi connectivity index (χ0) is 21.1. The molecule has 2 aromatic rings. The Bertz CT molecular complexity index is 774. The summed E-state index contributed by atoms with van der Waals surface area (Å²) in [6, 6.07) is 10.7. The highest BCUT2D eigenvalue weighted by Crippen LogP contribution is 2.34. The lowest BCUT2D eigenvalue weighted by atomic mass is 10.1. The maximum absolute atomic E-state index is 12.5. The summed E-state index contributed by atoms with van der Waals surface area (Å²) in [4.78, 5) is 12.5. The van der Waals surface area contributed by atoms with Gasteiger partial charge in [0.25, 0.3) is 5.91 Å². The van der Waals surface area contributed by atoms with Crippen LogP contribution in [-0.4, -0.2) is 33.8 Å². The highest BCUT2D eigenvalue weighted by Gasteiger charge is 2.13. The summed E-state index contributed by atoms with van der Waals surface area (Å²) in [5.74, 6) is 2.38. The fourth-order valence-corrected chi connectivity index (χ4v) is 2.93. The van der Waals surface area contributed by atoms with E-state index in [1.807, 2.05) is 12.1 Å². The Balaban J connectivity index is 1.93. The molecule has 0 spiro atoms. The van der Waals surface area contributed by atoms with Crippen molar-refractivity contribution in [1.82, 2.24) is 5.32 Å². The topological polar surface area (TPSA) is 66.0 Å². The van der Waals surface area contributed by atoms with E-state index in [0.29, 0.717) is 36.0 Å². The number of benzene rings is 2. The number of carbonyl (C=O) groups is 1. The molecule has 2 aromatic carbocycles. The second kappa shape index (κ2) is 11.8. The average Bonchev–Trinajstić information content (AvgIpc) is 2.77. The van der Waals surface area contributed by atoms with E-state index < -0.39 is 0 Å². The molecule has 0 fully saturated rings. The molecule has 0 aliphatic rings. The first-order valence-corrected chi connectivity index (χ1v) is 9.92. The van der Waals surface area contributed by atoms with Crippen molar-refractivity contribution in [3.63, 3.8) is 0 Å². The average molecular weight is 402 g/mol. The molecule has 0 radical (unpaired) electrons. The third-order valence-electron chi connectivity index (χ3n) is 4.61. The monoisotopic (exact) mass is 401 g/mol. The molecule has 0 bridgehead atoms. The van der Waals surface area contributed by atoms with Gasteiger partial charge in [-0.25, -0.2) is 0 Å². The number of hydrogen-bond acceptors (Lipinski definition) is 5. The lowest BCUT2D eigenvalue weighted by Gasteiger charge is -2.14. The van der Waals surface area contributed by atoms with Gasteiger partial charge in [-0.3, -0.25) is 4.79 Å². The summed E-state index contributed by atoms with van der Waals surface area (Å²) < 4.78 is 21.7. The van der Waals surface area contributed by atoms with Gasteiger partial charge in [-0.2, -0.15) is 0 Å². The van der Waals surface area contributed by atoms with Gasteiger partial charge in [-0.1, -0.05) is 26.2 Å². The third-order valence-corrected chi connectivity index (χ3v) is 4.61. The minimum absolute atomic E-state index is 0.170. The smallest absolute Gasteiger partial charge is 0.251 e. The van der Waals surface area contributed by atoms with Crippen LogP contribution in [0.25, 0.3) is 0 Å². The van der Waals surface area contributed by atoms with Gasteiger partial charge in [0.2, 0.25) is 0 Å². The van der Waals surface area contributed by atoms with Crippen LogP contribution >= 0.6 is 0 Å². The van der Waals surface area contributed by atoms with Crippen LogP contribution < -0.4 is 24.3 Å². The summed E-state index contributed by atoms with van der Waals surface area (Å²) in [5, 5.41) is 2.91. The molecule has 0 saturated carbocycles. The Morgan fingerprint density at radius 2 is 1.52 bits per heavy atom. The SMILES string of the molecule is CCCCCCOc1ccc(C(=O)NCc2cc(OC)c(OC)cc2OC)cc1. The minimum Gasteiger partial charge on any atom is -0.496 e. The van der Waals surface area contributed by atoms with Crippen molar-refractivity contribution in [2.45, 2.75) is 39.2 Å². The molecule has 0 heterocycles. The number of nitrogens with one attached hydrogen (secondary N) is 1. The van der Waals surface area contributed by atoms with E-state index in [2.05, 4.69) is 12.2 Å². The molecule has 158 valence electrons. The first kappa shape index (κ1) is 22.4. The van der Waals surface area contributed by atoms with E-state index in [-0.39, 0.29) is 5.91 Å². The van der Waals surface area contributed by atoms with Gasteiger partial charge >= 0.3 is 0 Å². The molecule has 0 unspecified atom stereocenters. The summed E-state index contributed by atoms with van der Waals surface area (Å²) in [5.41, 5.74) is 1.37. The first-order valence-electron chi connectivity index (χ1n) is 9.92. The Morgan fingerprint density at radius 1 is 0.862 bits per heavy atom. The largest absolute Gasteiger partial charge is 0.496 e. The van der Waals surface area contributed by atoms with Crippen molar-refractivity contribution in [3.05, 3.63) is 47.5 Å². The molecule has 0 aliphatic carbocycles. The van der Waals surface area contributed by atoms with Crippen LogP contribution in [0.5, 0.6) is 23.0 Å². The molecule has 0 atom stereocenters. The van der Waals surface area contributed by atoms with Crippen LogP contribution in [0.15, 0.2) is 36.4 Å². The maximum Gasteiger partial charge on any atom is 0.251 e. The van der Waals surface area contributed by atoms with Crippen LogP contribution in [0.2, 0.25) is 0 Å². The third kappa shape index (κ3) is 6.59. The number of unbranched alkanes of at least 4 members (excludes halogenated alkanes) is 3. The zero-order valence-corrected chi connectivity index (χ0v) is 17.7. The second-order valence-corrected chi connectivity index (χ2v) is 6.64. The highest BCUT2D eigenvalue weighted by molar-refractivity contribution is 5.94. The van der Waals surface area contributed by atoms with Crippen molar-refractivity contribution in [2.24, 2.45) is 0 Å². The second-order valence-electron chi connectivity index (χ2n) is 6.64. The molecule has 1 N–H and O–H groups in total. The van der Waals surface area contributed by atoms with Gasteiger partial charge in [0.15, 0.2) is 11.5 Å². The van der Waals surface area contributed by atoms with E-state index in [1.54, 1.807) is 45.6 Å². The van der Waals surface area contributed by atoms with E-state index in [1.165, 1.54) is 19.3 Å². The fourth-order valence-electron chi connectivity index (χ4n) is 2.93. The van der Waals surface area contributed by atoms with Gasteiger partial charge in [-0.15, -0.1) is 0 Å². The standard InChI is InChI=1S/C23H31NO5/c1-5-6-7-8-13-29-19-11-9-17(10-12-19)23(25)24-16-18-14-21(27-3)22(28-4)15-20(18)26-2/h9-12,14-15H,5-8,13,16H2,1-4H3,(H,24,25). The summed E-state index contributed by atoms with van der Waals surface area (Å²) >= 11 is 0. The Morgan fingerprint density at radius 3 is 2.14 bits per heavy atom. The quantitative estimate of drug-likeness (QED) is 0.527. The molecular weight excluding hydrogens is 370 g/mol. The Labute approximate surface area is 173 Å². The van der Waals surface area contributed by atoms with E-state index in [0.717, 1.165) is 17.7 Å². The summed E-state index contributed by atoms with van der Waals surface area (Å²) in [7, 11) is 4.71. The predicted octanol–water partition coefficient (Wildman–Crippen LogP) is 4.60. The molecular formula is C23H31NO5. The van der Waals surface area contributed by atoms with Crippen molar-refractivity contribution in [1.29, 1.82) is 0 Å². The van der Waals surface area contributed by atoms with E-state index in [4.69, 9.17) is 18.9 Å². The van der Waals surface area contributed by atoms with Crippen LogP contribution in [0.4, 0.5) is 0 Å². The van der Waals surface area contributed by atoms with Gasteiger partial charge in [0.1, 0.15) is 11.5 Å². The lowest BCUT2D eigenvalue weighted by Crippen LogP contribution is -2.23. The number of carbonyl (C=O) groups excluding carboxylic acids is 1. The van der Waals surface area contributed by atoms with Crippen molar-refractivity contribution in [3.8, 4) is 23.0 Å². The van der Waals surface area contributed by atoms with Gasteiger partial charge in [0.05, 0.1) is 27.9 Å². The maximum atomic E-state index is 12.5. The molecule has 6 nitrogen and oxygen atoms in total. The van der Waals surface area contributed by atoms with Crippen LogP contribution in [0.3, 0.4) is 0 Å². The molecule has 0 saturated heterocycles. The van der Waals surface area contributed by atoms with Crippen molar-refractivity contribution >= 4 is 5.91 Å². The predicted molar refractivity (Wildman–Crippen MR) is 113 cm³/mol.